The highest BCUT2D eigenvalue weighted by atomic mass is 19.1. The zero-order valence-corrected chi connectivity index (χ0v) is 17.1. The standard InChI is InChI=1S/C22H20FN5O4/c1-26-19-7-4-16(20(29)24-11-15-8-9-25-28(32)13-15)10-18(19)21(30)27(22(26)31)12-14-2-5-17(23)6-3-14/h2-10,13,25,32H,11-12H2,1H3,(H,24,29). The van der Waals surface area contributed by atoms with E-state index >= 15 is 0 Å². The van der Waals surface area contributed by atoms with Gasteiger partial charge in [-0.2, -0.15) is 5.17 Å². The third-order valence-corrected chi connectivity index (χ3v) is 5.11. The Morgan fingerprint density at radius 1 is 1.16 bits per heavy atom. The fourth-order valence-electron chi connectivity index (χ4n) is 3.42. The zero-order valence-electron chi connectivity index (χ0n) is 17.1. The molecule has 4 rings (SSSR count). The lowest BCUT2D eigenvalue weighted by atomic mass is 10.1. The molecular weight excluding hydrogens is 417 g/mol. The van der Waals surface area contributed by atoms with Gasteiger partial charge in [-0.1, -0.05) is 12.1 Å². The summed E-state index contributed by atoms with van der Waals surface area (Å²) in [7, 11) is 1.54. The summed E-state index contributed by atoms with van der Waals surface area (Å²) in [6.07, 6.45) is 4.61. The van der Waals surface area contributed by atoms with Gasteiger partial charge >= 0.3 is 5.69 Å². The monoisotopic (exact) mass is 437 g/mol. The minimum atomic E-state index is -0.540. The van der Waals surface area contributed by atoms with Crippen molar-refractivity contribution in [2.75, 3.05) is 6.54 Å². The highest BCUT2D eigenvalue weighted by molar-refractivity contribution is 5.98. The number of benzene rings is 2. The second kappa shape index (κ2) is 8.52. The topological polar surface area (TPSA) is 109 Å². The van der Waals surface area contributed by atoms with Crippen molar-refractivity contribution in [1.82, 2.24) is 25.0 Å². The van der Waals surface area contributed by atoms with Gasteiger partial charge < -0.3 is 5.32 Å². The number of amides is 1. The first-order valence-corrected chi connectivity index (χ1v) is 9.71. The Bertz CT molecular complexity index is 1370. The van der Waals surface area contributed by atoms with Crippen LogP contribution in [0.1, 0.15) is 15.9 Å². The number of fused-ring (bicyclic) bond motifs is 1. The minimum Gasteiger partial charge on any atom is -0.348 e. The van der Waals surface area contributed by atoms with Gasteiger partial charge in [-0.05, 0) is 47.5 Å². The summed E-state index contributed by atoms with van der Waals surface area (Å²) in [6, 6.07) is 10.1. The van der Waals surface area contributed by atoms with Crippen molar-refractivity contribution in [3.63, 3.8) is 0 Å². The molecule has 0 atom stereocenters. The third-order valence-electron chi connectivity index (χ3n) is 5.11. The molecule has 0 saturated carbocycles. The van der Waals surface area contributed by atoms with E-state index in [1.54, 1.807) is 19.2 Å². The lowest BCUT2D eigenvalue weighted by molar-refractivity contribution is -0.0768. The second-order valence-corrected chi connectivity index (χ2v) is 7.28. The number of nitrogens with zero attached hydrogens (tertiary/aromatic N) is 3. The highest BCUT2D eigenvalue weighted by Crippen LogP contribution is 2.12. The maximum atomic E-state index is 13.2. The molecule has 1 aliphatic heterocycles. The number of carbonyl (C=O) groups excluding carboxylic acids is 1. The highest BCUT2D eigenvalue weighted by Gasteiger charge is 2.15. The molecule has 0 spiro atoms. The number of hydroxylamine groups is 1. The lowest BCUT2D eigenvalue weighted by Crippen LogP contribution is -2.39. The molecule has 1 aromatic heterocycles. The molecule has 164 valence electrons. The van der Waals surface area contributed by atoms with Crippen molar-refractivity contribution < 1.29 is 14.4 Å². The van der Waals surface area contributed by atoms with Gasteiger partial charge in [0, 0.05) is 25.4 Å². The molecule has 3 N–H and O–H groups in total. The molecule has 0 unspecified atom stereocenters. The maximum Gasteiger partial charge on any atom is 0.331 e. The molecule has 10 heteroatoms. The van der Waals surface area contributed by atoms with E-state index in [2.05, 4.69) is 10.7 Å². The van der Waals surface area contributed by atoms with Crippen LogP contribution >= 0.6 is 0 Å². The molecule has 3 aromatic rings. The Balaban J connectivity index is 1.66. The van der Waals surface area contributed by atoms with E-state index in [0.29, 0.717) is 16.7 Å². The lowest BCUT2D eigenvalue weighted by Gasteiger charge is -2.17. The predicted octanol–water partition coefficient (Wildman–Crippen LogP) is 1.22. The maximum absolute atomic E-state index is 13.2. The predicted molar refractivity (Wildman–Crippen MR) is 115 cm³/mol. The summed E-state index contributed by atoms with van der Waals surface area (Å²) in [5, 5.41) is 13.1. The van der Waals surface area contributed by atoms with Crippen molar-refractivity contribution >= 4 is 16.8 Å². The van der Waals surface area contributed by atoms with Crippen LogP contribution in [0.5, 0.6) is 0 Å². The number of carbonyl (C=O) groups is 1. The molecule has 2 aromatic carbocycles. The second-order valence-electron chi connectivity index (χ2n) is 7.28. The first-order valence-electron chi connectivity index (χ1n) is 9.71. The van der Waals surface area contributed by atoms with E-state index in [0.717, 1.165) is 9.74 Å². The van der Waals surface area contributed by atoms with Gasteiger partial charge in [0.15, 0.2) is 0 Å². The molecule has 1 amide bonds. The van der Waals surface area contributed by atoms with Crippen molar-refractivity contribution in [3.8, 4) is 0 Å². The van der Waals surface area contributed by atoms with Crippen LogP contribution in [0.25, 0.3) is 10.9 Å². The summed E-state index contributed by atoms with van der Waals surface area (Å²) in [5.41, 5.74) is 3.38. The molecule has 0 aliphatic carbocycles. The Morgan fingerprint density at radius 3 is 2.62 bits per heavy atom. The van der Waals surface area contributed by atoms with E-state index < -0.39 is 23.0 Å². The van der Waals surface area contributed by atoms with Gasteiger partial charge in [-0.3, -0.25) is 29.4 Å². The Labute approximate surface area is 181 Å². The van der Waals surface area contributed by atoms with Crippen LogP contribution in [-0.2, 0) is 13.6 Å². The molecular formula is C22H20FN5O4. The molecule has 32 heavy (non-hydrogen) atoms. The number of aryl methyl sites for hydroxylation is 1. The van der Waals surface area contributed by atoms with Crippen LogP contribution in [0.4, 0.5) is 4.39 Å². The van der Waals surface area contributed by atoms with Gasteiger partial charge in [-0.15, -0.1) is 0 Å². The Morgan fingerprint density at radius 2 is 1.91 bits per heavy atom. The fourth-order valence-corrected chi connectivity index (χ4v) is 3.42. The van der Waals surface area contributed by atoms with Gasteiger partial charge in [-0.25, -0.2) is 9.18 Å². The van der Waals surface area contributed by atoms with Gasteiger partial charge in [0.2, 0.25) is 0 Å². The average molecular weight is 437 g/mol. The van der Waals surface area contributed by atoms with Crippen molar-refractivity contribution in [3.05, 3.63) is 104 Å². The molecule has 0 radical (unpaired) electrons. The number of hydrogen-bond acceptors (Lipinski definition) is 6. The van der Waals surface area contributed by atoms with Crippen LogP contribution in [-0.4, -0.2) is 32.0 Å². The molecule has 0 fully saturated rings. The number of rotatable bonds is 5. The minimum absolute atomic E-state index is 0.0235. The SMILES string of the molecule is Cn1c(=O)n(Cc2ccc(F)cc2)c(=O)c2cc(C(=O)NCC3=CN(O)NC=C3)ccc21. The van der Waals surface area contributed by atoms with Crippen LogP contribution in [0.15, 0.2) is 76.1 Å². The third kappa shape index (κ3) is 4.16. The summed E-state index contributed by atoms with van der Waals surface area (Å²) < 4.78 is 15.6. The normalized spacial score (nSPS) is 13.1. The van der Waals surface area contributed by atoms with Crippen LogP contribution in [0, 0.1) is 5.82 Å². The smallest absolute Gasteiger partial charge is 0.331 e. The van der Waals surface area contributed by atoms with Gasteiger partial charge in [0.25, 0.3) is 11.5 Å². The molecule has 0 bridgehead atoms. The van der Waals surface area contributed by atoms with E-state index in [9.17, 15) is 24.0 Å². The fraction of sp³-hybridized carbons (Fsp3) is 0.136. The zero-order chi connectivity index (χ0) is 22.8. The van der Waals surface area contributed by atoms with Crippen LogP contribution in [0.2, 0.25) is 0 Å². The average Bonchev–Trinajstić information content (AvgIpc) is 2.79. The molecule has 0 saturated heterocycles. The molecule has 9 nitrogen and oxygen atoms in total. The summed E-state index contributed by atoms with van der Waals surface area (Å²) in [4.78, 5) is 38.4. The van der Waals surface area contributed by atoms with Crippen LogP contribution < -0.4 is 22.0 Å². The largest absolute Gasteiger partial charge is 0.348 e. The Hall–Kier alpha value is -4.18. The van der Waals surface area contributed by atoms with Crippen molar-refractivity contribution in [2.24, 2.45) is 7.05 Å². The van der Waals surface area contributed by atoms with E-state index in [-0.39, 0.29) is 24.0 Å². The van der Waals surface area contributed by atoms with Crippen LogP contribution in [0.3, 0.4) is 0 Å². The van der Waals surface area contributed by atoms with E-state index in [1.807, 2.05) is 0 Å². The van der Waals surface area contributed by atoms with E-state index in [1.165, 1.54) is 53.4 Å². The van der Waals surface area contributed by atoms with E-state index in [4.69, 9.17) is 0 Å². The van der Waals surface area contributed by atoms with Gasteiger partial charge in [0.05, 0.1) is 23.6 Å². The van der Waals surface area contributed by atoms with Crippen molar-refractivity contribution in [2.45, 2.75) is 6.54 Å². The summed E-state index contributed by atoms with van der Waals surface area (Å²) in [6.45, 7) is 0.137. The molecule has 1 aliphatic rings. The number of aromatic nitrogens is 2. The Kier molecular flexibility index (Phi) is 5.61. The summed E-state index contributed by atoms with van der Waals surface area (Å²) >= 11 is 0. The first-order chi connectivity index (χ1) is 15.3. The van der Waals surface area contributed by atoms with Gasteiger partial charge in [0.1, 0.15) is 5.82 Å². The molecule has 2 heterocycles. The number of hydrazine groups is 1. The summed E-state index contributed by atoms with van der Waals surface area (Å²) in [5.74, 6) is -0.826. The van der Waals surface area contributed by atoms with Crippen molar-refractivity contribution in [1.29, 1.82) is 0 Å². The number of nitrogens with one attached hydrogen (secondary N) is 2. The first kappa shape index (κ1) is 21.1. The number of hydrogen-bond donors (Lipinski definition) is 3. The number of halogens is 1. The quantitative estimate of drug-likeness (QED) is 0.554.